The van der Waals surface area contributed by atoms with Gasteiger partial charge in [0.1, 0.15) is 0 Å². The number of carboxylic acid groups (broad SMARTS) is 3. The first kappa shape index (κ1) is 20.2. The van der Waals surface area contributed by atoms with E-state index in [0.29, 0.717) is 0 Å². The molecule has 15 heavy (non-hydrogen) atoms. The van der Waals surface area contributed by atoms with Crippen LogP contribution >= 0.6 is 13.5 Å². The Kier molecular flexibility index (Phi) is 10.7. The molecule has 7 nitrogen and oxygen atoms in total. The van der Waals surface area contributed by atoms with E-state index in [4.69, 9.17) is 20.4 Å². The van der Waals surface area contributed by atoms with Crippen LogP contribution in [0.1, 0.15) is 14.3 Å². The summed E-state index contributed by atoms with van der Waals surface area (Å²) in [5.41, 5.74) is -2.74. The third-order valence-electron chi connectivity index (χ3n) is 1.29. The van der Waals surface area contributed by atoms with Gasteiger partial charge in [-0.3, -0.25) is 9.59 Å². The van der Waals surface area contributed by atoms with Crippen LogP contribution in [0, 0.1) is 0 Å². The minimum atomic E-state index is -2.74. The van der Waals surface area contributed by atoms with E-state index in [-0.39, 0.29) is 44.5 Å². The molecule has 0 unspecified atom stereocenters. The van der Waals surface area contributed by atoms with E-state index in [1.165, 1.54) is 0 Å². The number of hydrogen-bond acceptors (Lipinski definition) is 4. The zero-order valence-electron chi connectivity index (χ0n) is 8.93. The van der Waals surface area contributed by atoms with Crippen LogP contribution in [0.2, 0.25) is 0 Å². The number of aliphatic carboxylic acids is 3. The Morgan fingerprint density at radius 1 is 1.00 bits per heavy atom. The summed E-state index contributed by atoms with van der Waals surface area (Å²) in [6, 6.07) is 0. The van der Waals surface area contributed by atoms with Crippen LogP contribution in [0.15, 0.2) is 0 Å². The summed E-state index contributed by atoms with van der Waals surface area (Å²) in [4.78, 5) is 30.5. The summed E-state index contributed by atoms with van der Waals surface area (Å²) in [6.07, 6.45) is -2.29. The summed E-state index contributed by atoms with van der Waals surface area (Å²) >= 11 is 0. The molecule has 0 atom stereocenters. The van der Waals surface area contributed by atoms with Crippen molar-refractivity contribution in [2.75, 3.05) is 0 Å². The molecule has 0 spiro atoms. The van der Waals surface area contributed by atoms with Crippen LogP contribution in [0.25, 0.3) is 0 Å². The quantitative estimate of drug-likeness (QED) is 0.365. The Hall–Kier alpha value is -0.280. The van der Waals surface area contributed by atoms with Gasteiger partial charge in [-0.1, -0.05) is 0 Å². The molecule has 0 fully saturated rings. The van der Waals surface area contributed by atoms with Crippen LogP contribution in [0.3, 0.4) is 0 Å². The summed E-state index contributed by atoms with van der Waals surface area (Å²) in [6.45, 7) is 0. The molecule has 0 saturated heterocycles. The van der Waals surface area contributed by atoms with Crippen molar-refractivity contribution >= 4 is 31.4 Å². The van der Waals surface area contributed by atoms with E-state index in [2.05, 4.69) is 0 Å². The van der Waals surface area contributed by atoms with Crippen LogP contribution in [0.5, 0.6) is 0 Å². The molecule has 9 heteroatoms. The molecule has 0 amide bonds. The van der Waals surface area contributed by atoms with Crippen LogP contribution in [0.4, 0.5) is 0 Å². The number of rotatable bonds is 5. The molecule has 0 aromatic rings. The van der Waals surface area contributed by atoms with Crippen LogP contribution < -0.4 is 29.6 Å². The summed E-state index contributed by atoms with van der Waals surface area (Å²) < 4.78 is 0. The molecular formula is C6H11NaO7S. The van der Waals surface area contributed by atoms with Gasteiger partial charge < -0.3 is 21.9 Å². The standard InChI is InChI=1S/C6H8O7.Na.H2S.H/c7-3(8)1-6(13,5(11)12)2-4(9)10;;;/h13H,1-2H2,(H,7,8)(H,9,10)(H,11,12);;1H2;/q;+1;;-1. The van der Waals surface area contributed by atoms with E-state index in [0.717, 1.165) is 0 Å². The molecular weight excluding hydrogens is 239 g/mol. The van der Waals surface area contributed by atoms with Crippen LogP contribution in [-0.2, 0) is 14.4 Å². The average Bonchev–Trinajstić information content (AvgIpc) is 1.82. The Morgan fingerprint density at radius 2 is 1.27 bits per heavy atom. The Morgan fingerprint density at radius 3 is 1.40 bits per heavy atom. The largest absolute Gasteiger partial charge is 1.00 e. The monoisotopic (exact) mass is 250 g/mol. The molecule has 4 N–H and O–H groups in total. The first-order valence-corrected chi connectivity index (χ1v) is 3.17. The van der Waals surface area contributed by atoms with E-state index >= 15 is 0 Å². The van der Waals surface area contributed by atoms with E-state index in [1.807, 2.05) is 0 Å². The third-order valence-corrected chi connectivity index (χ3v) is 1.29. The van der Waals surface area contributed by atoms with Gasteiger partial charge in [0.15, 0.2) is 5.60 Å². The molecule has 0 bridgehead atoms. The van der Waals surface area contributed by atoms with E-state index < -0.39 is 36.4 Å². The van der Waals surface area contributed by atoms with Crippen molar-refractivity contribution in [2.45, 2.75) is 18.4 Å². The van der Waals surface area contributed by atoms with Gasteiger partial charge in [0.25, 0.3) is 0 Å². The molecule has 0 aliphatic carbocycles. The molecule has 0 rings (SSSR count). The van der Waals surface area contributed by atoms with Gasteiger partial charge in [-0.2, -0.15) is 13.5 Å². The first-order chi connectivity index (χ1) is 5.78. The van der Waals surface area contributed by atoms with Gasteiger partial charge >= 0.3 is 47.5 Å². The topological polar surface area (TPSA) is 132 Å². The number of carbonyl (C=O) groups is 3. The van der Waals surface area contributed by atoms with Gasteiger partial charge in [-0.05, 0) is 0 Å². The number of carboxylic acids is 3. The summed E-state index contributed by atoms with van der Waals surface area (Å²) in [5, 5.41) is 33.8. The SMILES string of the molecule is O=C(O)CC(O)(CC(=O)O)C(=O)O.S.[H-].[Na+]. The van der Waals surface area contributed by atoms with Gasteiger partial charge in [0.2, 0.25) is 0 Å². The zero-order valence-corrected chi connectivity index (χ0v) is 10.9. The minimum Gasteiger partial charge on any atom is -1.00 e. The summed E-state index contributed by atoms with van der Waals surface area (Å²) in [7, 11) is 0. The molecule has 0 aromatic heterocycles. The van der Waals surface area contributed by atoms with Gasteiger partial charge in [-0.15, -0.1) is 0 Å². The van der Waals surface area contributed by atoms with Crippen molar-refractivity contribution in [3.8, 4) is 0 Å². The smallest absolute Gasteiger partial charge is 1.00 e. The van der Waals surface area contributed by atoms with Gasteiger partial charge in [0.05, 0.1) is 12.8 Å². The fraction of sp³-hybridized carbons (Fsp3) is 0.500. The predicted molar refractivity (Wildman–Crippen MR) is 48.6 cm³/mol. The van der Waals surface area contributed by atoms with Gasteiger partial charge in [0, 0.05) is 0 Å². The fourth-order valence-electron chi connectivity index (χ4n) is 0.714. The van der Waals surface area contributed by atoms with Crippen molar-refractivity contribution in [1.29, 1.82) is 0 Å². The molecule has 0 radical (unpaired) electrons. The average molecular weight is 250 g/mol. The Bertz CT molecular complexity index is 243. The van der Waals surface area contributed by atoms with Crippen molar-refractivity contribution in [1.82, 2.24) is 0 Å². The second kappa shape index (κ2) is 7.94. The fourth-order valence-corrected chi connectivity index (χ4v) is 0.714. The molecule has 0 aliphatic heterocycles. The van der Waals surface area contributed by atoms with Crippen molar-refractivity contribution in [3.05, 3.63) is 0 Å². The molecule has 0 aromatic carbocycles. The normalized spacial score (nSPS) is 9.40. The van der Waals surface area contributed by atoms with Gasteiger partial charge in [-0.25, -0.2) is 4.79 Å². The Labute approximate surface area is 115 Å². The molecule has 0 heterocycles. The van der Waals surface area contributed by atoms with Crippen molar-refractivity contribution in [3.63, 3.8) is 0 Å². The molecule has 0 aliphatic rings. The van der Waals surface area contributed by atoms with E-state index in [9.17, 15) is 14.4 Å². The van der Waals surface area contributed by atoms with Crippen molar-refractivity contribution in [2.24, 2.45) is 0 Å². The molecule has 0 saturated carbocycles. The van der Waals surface area contributed by atoms with Crippen LogP contribution in [-0.4, -0.2) is 43.9 Å². The second-order valence-electron chi connectivity index (χ2n) is 2.48. The number of hydrogen-bond donors (Lipinski definition) is 4. The maximum absolute atomic E-state index is 10.3. The first-order valence-electron chi connectivity index (χ1n) is 3.17. The summed E-state index contributed by atoms with van der Waals surface area (Å²) in [5.74, 6) is -5.02. The zero-order chi connectivity index (χ0) is 10.6. The Balaban J connectivity index is -0.000000240. The molecule has 84 valence electrons. The maximum Gasteiger partial charge on any atom is 1.00 e. The van der Waals surface area contributed by atoms with Crippen molar-refractivity contribution < 1.29 is 65.8 Å². The minimum absolute atomic E-state index is 0. The van der Waals surface area contributed by atoms with E-state index in [1.54, 1.807) is 0 Å². The third kappa shape index (κ3) is 7.63. The maximum atomic E-state index is 10.3. The predicted octanol–water partition coefficient (Wildman–Crippen LogP) is -4.02. The second-order valence-corrected chi connectivity index (χ2v) is 2.48. The number of aliphatic hydroxyl groups is 1.